The third-order valence-corrected chi connectivity index (χ3v) is 3.15. The molecule has 0 spiro atoms. The summed E-state index contributed by atoms with van der Waals surface area (Å²) in [4.78, 5) is 11.0. The Balaban J connectivity index is 1.94. The molecule has 0 aliphatic carbocycles. The molecule has 110 valence electrons. The Morgan fingerprint density at radius 2 is 1.62 bits per heavy atom. The highest BCUT2D eigenvalue weighted by Crippen LogP contribution is 2.23. The summed E-state index contributed by atoms with van der Waals surface area (Å²) in [5, 5.41) is 0. The van der Waals surface area contributed by atoms with Crippen LogP contribution in [0.25, 0.3) is 0 Å². The summed E-state index contributed by atoms with van der Waals surface area (Å²) in [5.74, 6) is 2.04. The summed E-state index contributed by atoms with van der Waals surface area (Å²) in [6, 6.07) is 13.0. The molecule has 0 atom stereocenters. The summed E-state index contributed by atoms with van der Waals surface area (Å²) in [7, 11) is 3.21. The molecule has 21 heavy (non-hydrogen) atoms. The molecule has 0 unspecified atom stereocenters. The SMILES string of the molecule is COc1ccc(CCOc2ccc(OC)cc2C=O)cc1. The fourth-order valence-electron chi connectivity index (χ4n) is 1.95. The van der Waals surface area contributed by atoms with Crippen LogP contribution < -0.4 is 14.2 Å². The predicted molar refractivity (Wildman–Crippen MR) is 80.6 cm³/mol. The predicted octanol–water partition coefficient (Wildman–Crippen LogP) is 3.14. The molecule has 0 aromatic heterocycles. The maximum atomic E-state index is 11.0. The van der Waals surface area contributed by atoms with Crippen LogP contribution in [0, 0.1) is 0 Å². The lowest BCUT2D eigenvalue weighted by Gasteiger charge is -2.10. The molecule has 0 saturated carbocycles. The molecule has 2 aromatic carbocycles. The Bertz CT molecular complexity index is 590. The molecule has 0 fully saturated rings. The number of aldehydes is 1. The Morgan fingerprint density at radius 3 is 2.24 bits per heavy atom. The Kier molecular flexibility index (Phi) is 5.21. The van der Waals surface area contributed by atoms with Crippen LogP contribution >= 0.6 is 0 Å². The van der Waals surface area contributed by atoms with Gasteiger partial charge in [-0.05, 0) is 35.9 Å². The zero-order valence-electron chi connectivity index (χ0n) is 12.2. The Hall–Kier alpha value is -2.49. The van der Waals surface area contributed by atoms with Gasteiger partial charge in [0.15, 0.2) is 6.29 Å². The van der Waals surface area contributed by atoms with Crippen LogP contribution in [0.2, 0.25) is 0 Å². The molecule has 0 aliphatic rings. The molecule has 0 aliphatic heterocycles. The highest BCUT2D eigenvalue weighted by atomic mass is 16.5. The van der Waals surface area contributed by atoms with E-state index < -0.39 is 0 Å². The molecule has 2 rings (SSSR count). The monoisotopic (exact) mass is 286 g/mol. The van der Waals surface area contributed by atoms with E-state index in [9.17, 15) is 4.79 Å². The fraction of sp³-hybridized carbons (Fsp3) is 0.235. The van der Waals surface area contributed by atoms with Gasteiger partial charge in [-0.15, -0.1) is 0 Å². The van der Waals surface area contributed by atoms with Crippen LogP contribution in [0.15, 0.2) is 42.5 Å². The minimum atomic E-state index is 0.490. The Labute approximate surface area is 124 Å². The van der Waals surface area contributed by atoms with Crippen LogP contribution in [0.3, 0.4) is 0 Å². The maximum Gasteiger partial charge on any atom is 0.153 e. The lowest BCUT2D eigenvalue weighted by atomic mass is 10.1. The minimum Gasteiger partial charge on any atom is -0.497 e. The van der Waals surface area contributed by atoms with Crippen LogP contribution in [0.4, 0.5) is 0 Å². The lowest BCUT2D eigenvalue weighted by molar-refractivity contribution is 0.111. The Morgan fingerprint density at radius 1 is 0.952 bits per heavy atom. The van der Waals surface area contributed by atoms with Crippen LogP contribution in [0.1, 0.15) is 15.9 Å². The number of benzene rings is 2. The number of carbonyl (C=O) groups is 1. The molecule has 0 heterocycles. The third kappa shape index (κ3) is 3.99. The van der Waals surface area contributed by atoms with Crippen LogP contribution in [-0.4, -0.2) is 27.1 Å². The molecule has 0 bridgehead atoms. The largest absolute Gasteiger partial charge is 0.497 e. The molecular weight excluding hydrogens is 268 g/mol. The van der Waals surface area contributed by atoms with E-state index in [4.69, 9.17) is 14.2 Å². The third-order valence-electron chi connectivity index (χ3n) is 3.15. The molecule has 0 amide bonds. The topological polar surface area (TPSA) is 44.8 Å². The molecule has 0 N–H and O–H groups in total. The first-order valence-corrected chi connectivity index (χ1v) is 6.65. The summed E-state index contributed by atoms with van der Waals surface area (Å²) in [6.07, 6.45) is 1.53. The molecular formula is C17H18O4. The van der Waals surface area contributed by atoms with E-state index in [0.717, 1.165) is 24.0 Å². The van der Waals surface area contributed by atoms with Crippen molar-refractivity contribution in [3.8, 4) is 17.2 Å². The van der Waals surface area contributed by atoms with E-state index in [1.807, 2.05) is 24.3 Å². The van der Waals surface area contributed by atoms with E-state index in [0.29, 0.717) is 23.7 Å². The van der Waals surface area contributed by atoms with Crippen molar-refractivity contribution in [2.75, 3.05) is 20.8 Å². The average Bonchev–Trinajstić information content (AvgIpc) is 2.55. The van der Waals surface area contributed by atoms with E-state index >= 15 is 0 Å². The number of hydrogen-bond acceptors (Lipinski definition) is 4. The quantitative estimate of drug-likeness (QED) is 0.733. The van der Waals surface area contributed by atoms with Gasteiger partial charge in [0.2, 0.25) is 0 Å². The zero-order valence-corrected chi connectivity index (χ0v) is 12.2. The number of ether oxygens (including phenoxy) is 3. The van der Waals surface area contributed by atoms with Crippen molar-refractivity contribution in [1.29, 1.82) is 0 Å². The highest BCUT2D eigenvalue weighted by molar-refractivity contribution is 5.80. The summed E-state index contributed by atoms with van der Waals surface area (Å²) in [5.41, 5.74) is 1.64. The van der Waals surface area contributed by atoms with Crippen molar-refractivity contribution in [3.63, 3.8) is 0 Å². The number of hydrogen-bond donors (Lipinski definition) is 0. The van der Waals surface area contributed by atoms with E-state index in [2.05, 4.69) is 0 Å². The van der Waals surface area contributed by atoms with E-state index in [-0.39, 0.29) is 0 Å². The fourth-order valence-corrected chi connectivity index (χ4v) is 1.95. The average molecular weight is 286 g/mol. The number of methoxy groups -OCH3 is 2. The standard InChI is InChI=1S/C17H18O4/c1-19-15-5-3-13(4-6-15)9-10-21-17-8-7-16(20-2)11-14(17)12-18/h3-8,11-12H,9-10H2,1-2H3. The van der Waals surface area contributed by atoms with Crippen LogP contribution in [0.5, 0.6) is 17.2 Å². The molecule has 0 saturated heterocycles. The normalized spacial score (nSPS) is 10.0. The van der Waals surface area contributed by atoms with Gasteiger partial charge in [0.05, 0.1) is 26.4 Å². The van der Waals surface area contributed by atoms with Crippen molar-refractivity contribution >= 4 is 6.29 Å². The first-order chi connectivity index (χ1) is 10.3. The van der Waals surface area contributed by atoms with Gasteiger partial charge >= 0.3 is 0 Å². The van der Waals surface area contributed by atoms with Gasteiger partial charge in [0.1, 0.15) is 17.2 Å². The molecule has 4 nitrogen and oxygen atoms in total. The van der Waals surface area contributed by atoms with E-state index in [1.165, 1.54) is 0 Å². The highest BCUT2D eigenvalue weighted by Gasteiger charge is 2.05. The van der Waals surface area contributed by atoms with Gasteiger partial charge in [-0.3, -0.25) is 4.79 Å². The van der Waals surface area contributed by atoms with Gasteiger partial charge in [0, 0.05) is 6.42 Å². The van der Waals surface area contributed by atoms with Gasteiger partial charge in [-0.1, -0.05) is 12.1 Å². The first kappa shape index (κ1) is 14.9. The summed E-state index contributed by atoms with van der Waals surface area (Å²) in [6.45, 7) is 0.500. The van der Waals surface area contributed by atoms with E-state index in [1.54, 1.807) is 32.4 Å². The number of carbonyl (C=O) groups excluding carboxylic acids is 1. The van der Waals surface area contributed by atoms with Crippen molar-refractivity contribution in [2.24, 2.45) is 0 Å². The second-order valence-corrected chi connectivity index (χ2v) is 4.47. The summed E-state index contributed by atoms with van der Waals surface area (Å²) < 4.78 is 15.9. The minimum absolute atomic E-state index is 0.490. The van der Waals surface area contributed by atoms with Gasteiger partial charge in [-0.2, -0.15) is 0 Å². The second-order valence-electron chi connectivity index (χ2n) is 4.47. The van der Waals surface area contributed by atoms with Crippen molar-refractivity contribution < 1.29 is 19.0 Å². The zero-order chi connectivity index (χ0) is 15.1. The van der Waals surface area contributed by atoms with Crippen molar-refractivity contribution in [2.45, 2.75) is 6.42 Å². The smallest absolute Gasteiger partial charge is 0.153 e. The van der Waals surface area contributed by atoms with Gasteiger partial charge in [0.25, 0.3) is 0 Å². The van der Waals surface area contributed by atoms with Gasteiger partial charge in [-0.25, -0.2) is 0 Å². The maximum absolute atomic E-state index is 11.0. The van der Waals surface area contributed by atoms with Crippen LogP contribution in [-0.2, 0) is 6.42 Å². The number of rotatable bonds is 7. The molecule has 2 aromatic rings. The summed E-state index contributed by atoms with van der Waals surface area (Å²) >= 11 is 0. The van der Waals surface area contributed by atoms with Gasteiger partial charge < -0.3 is 14.2 Å². The van der Waals surface area contributed by atoms with Crippen molar-refractivity contribution in [1.82, 2.24) is 0 Å². The molecule has 0 radical (unpaired) electrons. The van der Waals surface area contributed by atoms with Crippen molar-refractivity contribution in [3.05, 3.63) is 53.6 Å². The lowest BCUT2D eigenvalue weighted by Crippen LogP contribution is -2.03. The second kappa shape index (κ2) is 7.33. The first-order valence-electron chi connectivity index (χ1n) is 6.65. The molecule has 4 heteroatoms.